The van der Waals surface area contributed by atoms with Gasteiger partial charge in [0.15, 0.2) is 11.2 Å². The SMILES string of the molecule is CC(=O)Oc1cc(-c2nc3ccccc3o2)c(OC(C)=O)cc1-c1nc2ccccc2o1. The minimum atomic E-state index is -0.536. The normalized spacial score (nSPS) is 11.1. The number of esters is 2. The number of nitrogens with zero attached hydrogens (tertiary/aromatic N) is 2. The number of para-hydroxylation sites is 4. The Hall–Kier alpha value is -4.46. The first kappa shape index (κ1) is 19.5. The van der Waals surface area contributed by atoms with Crippen molar-refractivity contribution in [1.82, 2.24) is 9.97 Å². The van der Waals surface area contributed by atoms with Gasteiger partial charge in [0, 0.05) is 13.8 Å². The lowest BCUT2D eigenvalue weighted by Gasteiger charge is -2.12. The second-order valence-corrected chi connectivity index (χ2v) is 7.01. The van der Waals surface area contributed by atoms with Gasteiger partial charge in [-0.1, -0.05) is 24.3 Å². The van der Waals surface area contributed by atoms with E-state index >= 15 is 0 Å². The number of rotatable bonds is 4. The van der Waals surface area contributed by atoms with Gasteiger partial charge in [-0.2, -0.15) is 0 Å². The van der Waals surface area contributed by atoms with Crippen molar-refractivity contribution in [1.29, 1.82) is 0 Å². The zero-order valence-corrected chi connectivity index (χ0v) is 17.1. The molecule has 0 unspecified atom stereocenters. The standard InChI is InChI=1S/C24H16N2O6/c1-13(27)29-21-11-16(24-26-18-8-4-6-10-20(18)32-24)22(30-14(2)28)12-15(21)23-25-17-7-3-5-9-19(17)31-23/h3-12H,1-2H3. The van der Waals surface area contributed by atoms with E-state index in [4.69, 9.17) is 18.3 Å². The molecule has 32 heavy (non-hydrogen) atoms. The number of ether oxygens (including phenoxy) is 2. The zero-order chi connectivity index (χ0) is 22.2. The maximum absolute atomic E-state index is 11.8. The minimum absolute atomic E-state index is 0.164. The van der Waals surface area contributed by atoms with Crippen molar-refractivity contribution < 1.29 is 27.9 Å². The predicted molar refractivity (Wildman–Crippen MR) is 115 cm³/mol. The largest absolute Gasteiger partial charge is 0.436 e. The third kappa shape index (κ3) is 3.58. The number of hydrogen-bond donors (Lipinski definition) is 0. The Bertz CT molecular complexity index is 1320. The van der Waals surface area contributed by atoms with Gasteiger partial charge in [0.05, 0.1) is 11.1 Å². The molecule has 0 radical (unpaired) electrons. The lowest BCUT2D eigenvalue weighted by atomic mass is 10.1. The third-order valence-corrected chi connectivity index (χ3v) is 4.64. The molecule has 3 aromatic carbocycles. The predicted octanol–water partition coefficient (Wildman–Crippen LogP) is 5.15. The van der Waals surface area contributed by atoms with Crippen molar-refractivity contribution in [3.8, 4) is 34.4 Å². The molecular weight excluding hydrogens is 412 g/mol. The second kappa shape index (κ2) is 7.66. The van der Waals surface area contributed by atoms with Crippen LogP contribution in [0.4, 0.5) is 0 Å². The van der Waals surface area contributed by atoms with Crippen LogP contribution in [0.5, 0.6) is 11.5 Å². The van der Waals surface area contributed by atoms with Gasteiger partial charge in [-0.25, -0.2) is 9.97 Å². The summed E-state index contributed by atoms with van der Waals surface area (Å²) in [6.45, 7) is 2.57. The number of benzene rings is 3. The fraction of sp³-hybridized carbons (Fsp3) is 0.0833. The molecule has 0 aliphatic heterocycles. The molecule has 0 fully saturated rings. The van der Waals surface area contributed by atoms with E-state index in [9.17, 15) is 9.59 Å². The van der Waals surface area contributed by atoms with Gasteiger partial charge in [0.1, 0.15) is 22.5 Å². The molecule has 8 heteroatoms. The Labute approximate surface area is 181 Å². The first-order chi connectivity index (χ1) is 15.5. The fourth-order valence-electron chi connectivity index (χ4n) is 3.35. The van der Waals surface area contributed by atoms with Crippen LogP contribution in [0.2, 0.25) is 0 Å². The van der Waals surface area contributed by atoms with Crippen molar-refractivity contribution in [2.24, 2.45) is 0 Å². The van der Waals surface area contributed by atoms with E-state index in [-0.39, 0.29) is 23.3 Å². The molecule has 158 valence electrons. The van der Waals surface area contributed by atoms with Crippen LogP contribution in [-0.4, -0.2) is 21.9 Å². The molecule has 0 aliphatic carbocycles. The highest BCUT2D eigenvalue weighted by Crippen LogP contribution is 2.42. The van der Waals surface area contributed by atoms with Crippen LogP contribution in [0.25, 0.3) is 45.1 Å². The van der Waals surface area contributed by atoms with Crippen LogP contribution in [0.15, 0.2) is 69.5 Å². The van der Waals surface area contributed by atoms with Crippen LogP contribution in [0.1, 0.15) is 13.8 Å². The molecule has 2 aromatic heterocycles. The number of oxazole rings is 2. The highest BCUT2D eigenvalue weighted by atomic mass is 16.5. The van der Waals surface area contributed by atoms with E-state index < -0.39 is 11.9 Å². The molecule has 2 heterocycles. The molecule has 0 saturated heterocycles. The summed E-state index contributed by atoms with van der Waals surface area (Å²) in [6.07, 6.45) is 0. The van der Waals surface area contributed by atoms with Crippen molar-refractivity contribution in [3.05, 3.63) is 60.7 Å². The molecule has 5 rings (SSSR count). The molecule has 0 amide bonds. The number of carbonyl (C=O) groups excluding carboxylic acids is 2. The number of carbonyl (C=O) groups is 2. The smallest absolute Gasteiger partial charge is 0.308 e. The van der Waals surface area contributed by atoms with Gasteiger partial charge < -0.3 is 18.3 Å². The number of aromatic nitrogens is 2. The topological polar surface area (TPSA) is 105 Å². The maximum atomic E-state index is 11.8. The van der Waals surface area contributed by atoms with Gasteiger partial charge in [-0.15, -0.1) is 0 Å². The summed E-state index contributed by atoms with van der Waals surface area (Å²) in [6, 6.07) is 17.5. The average molecular weight is 428 g/mol. The van der Waals surface area contributed by atoms with E-state index in [2.05, 4.69) is 9.97 Å². The molecule has 0 aliphatic rings. The molecular formula is C24H16N2O6. The lowest BCUT2D eigenvalue weighted by Crippen LogP contribution is -2.06. The quantitative estimate of drug-likeness (QED) is 0.286. The summed E-state index contributed by atoms with van der Waals surface area (Å²) in [5, 5.41) is 0. The molecule has 0 bridgehead atoms. The summed E-state index contributed by atoms with van der Waals surface area (Å²) in [4.78, 5) is 32.6. The Morgan fingerprint density at radius 1 is 0.688 bits per heavy atom. The first-order valence-electron chi connectivity index (χ1n) is 9.75. The van der Waals surface area contributed by atoms with E-state index in [1.165, 1.54) is 26.0 Å². The summed E-state index contributed by atoms with van der Waals surface area (Å²) in [5.74, 6) is -0.327. The van der Waals surface area contributed by atoms with E-state index in [1.807, 2.05) is 24.3 Å². The van der Waals surface area contributed by atoms with E-state index in [0.717, 1.165) is 0 Å². The Kier molecular flexibility index (Phi) is 4.67. The van der Waals surface area contributed by atoms with E-state index in [1.54, 1.807) is 24.3 Å². The van der Waals surface area contributed by atoms with Crippen LogP contribution in [0.3, 0.4) is 0 Å². The fourth-order valence-corrected chi connectivity index (χ4v) is 3.35. The van der Waals surface area contributed by atoms with Gasteiger partial charge in [0.25, 0.3) is 0 Å². The van der Waals surface area contributed by atoms with Crippen molar-refractivity contribution in [3.63, 3.8) is 0 Å². The molecule has 0 atom stereocenters. The Balaban J connectivity index is 1.74. The minimum Gasteiger partial charge on any atom is -0.436 e. The second-order valence-electron chi connectivity index (χ2n) is 7.01. The Morgan fingerprint density at radius 2 is 1.09 bits per heavy atom. The molecule has 0 N–H and O–H groups in total. The van der Waals surface area contributed by atoms with Crippen molar-refractivity contribution in [2.45, 2.75) is 13.8 Å². The van der Waals surface area contributed by atoms with Gasteiger partial charge >= 0.3 is 11.9 Å². The van der Waals surface area contributed by atoms with Crippen LogP contribution in [-0.2, 0) is 9.59 Å². The van der Waals surface area contributed by atoms with Crippen molar-refractivity contribution >= 4 is 34.1 Å². The maximum Gasteiger partial charge on any atom is 0.308 e. The molecule has 5 aromatic rings. The van der Waals surface area contributed by atoms with Gasteiger partial charge in [-0.3, -0.25) is 9.59 Å². The van der Waals surface area contributed by atoms with Crippen LogP contribution >= 0.6 is 0 Å². The summed E-state index contributed by atoms with van der Waals surface area (Å²) in [5.41, 5.74) is 3.07. The highest BCUT2D eigenvalue weighted by molar-refractivity contribution is 5.85. The highest BCUT2D eigenvalue weighted by Gasteiger charge is 2.23. The Morgan fingerprint density at radius 3 is 1.47 bits per heavy atom. The lowest BCUT2D eigenvalue weighted by molar-refractivity contribution is -0.133. The first-order valence-corrected chi connectivity index (χ1v) is 9.75. The monoisotopic (exact) mass is 428 g/mol. The average Bonchev–Trinajstić information content (AvgIpc) is 3.37. The van der Waals surface area contributed by atoms with Gasteiger partial charge in [0.2, 0.25) is 11.8 Å². The van der Waals surface area contributed by atoms with E-state index in [0.29, 0.717) is 33.3 Å². The van der Waals surface area contributed by atoms with Crippen LogP contribution < -0.4 is 9.47 Å². The number of hydrogen-bond acceptors (Lipinski definition) is 8. The third-order valence-electron chi connectivity index (χ3n) is 4.64. The van der Waals surface area contributed by atoms with Crippen LogP contribution in [0, 0.1) is 0 Å². The molecule has 0 saturated carbocycles. The van der Waals surface area contributed by atoms with Gasteiger partial charge in [-0.05, 0) is 36.4 Å². The zero-order valence-electron chi connectivity index (χ0n) is 17.1. The molecule has 8 nitrogen and oxygen atoms in total. The molecule has 0 spiro atoms. The summed E-state index contributed by atoms with van der Waals surface area (Å²) >= 11 is 0. The summed E-state index contributed by atoms with van der Waals surface area (Å²) < 4.78 is 22.6. The summed E-state index contributed by atoms with van der Waals surface area (Å²) in [7, 11) is 0. The number of fused-ring (bicyclic) bond motifs is 2. The van der Waals surface area contributed by atoms with Crippen molar-refractivity contribution in [2.75, 3.05) is 0 Å².